The van der Waals surface area contributed by atoms with Crippen LogP contribution in [0.2, 0.25) is 0 Å². The average Bonchev–Trinajstić information content (AvgIpc) is 2.51. The third-order valence-corrected chi connectivity index (χ3v) is 3.04. The van der Waals surface area contributed by atoms with Gasteiger partial charge in [-0.05, 0) is 12.0 Å². The second-order valence-electron chi connectivity index (χ2n) is 4.87. The summed E-state index contributed by atoms with van der Waals surface area (Å²) < 4.78 is 0. The minimum Gasteiger partial charge on any atom is -0.481 e. The number of carbonyl (C=O) groups is 4. The van der Waals surface area contributed by atoms with E-state index in [1.807, 2.05) is 0 Å². The standard InChI is InChI=1S/C15H18N2O6/c18-9-11(6-7-13(19)20)16-15(23)17-12(14(21)22)8-10-4-2-1-3-5-10/h1-5,9,11-12H,6-8H2,(H,19,20)(H,21,22)(H2,16,17,23)/t11?,12-/m0/s1. The number of nitrogens with one attached hydrogen (secondary N) is 2. The van der Waals surface area contributed by atoms with E-state index in [9.17, 15) is 19.2 Å². The smallest absolute Gasteiger partial charge is 0.326 e. The summed E-state index contributed by atoms with van der Waals surface area (Å²) in [4.78, 5) is 44.3. The Morgan fingerprint density at radius 2 is 1.74 bits per heavy atom. The van der Waals surface area contributed by atoms with Crippen molar-refractivity contribution in [1.29, 1.82) is 0 Å². The van der Waals surface area contributed by atoms with Crippen molar-refractivity contribution in [3.63, 3.8) is 0 Å². The molecule has 0 saturated heterocycles. The fraction of sp³-hybridized carbons (Fsp3) is 0.333. The first-order valence-electron chi connectivity index (χ1n) is 6.93. The monoisotopic (exact) mass is 322 g/mol. The summed E-state index contributed by atoms with van der Waals surface area (Å²) in [5.74, 6) is -2.30. The molecule has 0 fully saturated rings. The molecule has 0 aromatic heterocycles. The predicted octanol–water partition coefficient (Wildman–Crippen LogP) is 0.414. The number of aliphatic carboxylic acids is 2. The molecule has 2 amide bonds. The molecule has 1 rings (SSSR count). The molecule has 0 radical (unpaired) electrons. The highest BCUT2D eigenvalue weighted by Gasteiger charge is 2.22. The van der Waals surface area contributed by atoms with Crippen molar-refractivity contribution in [3.05, 3.63) is 35.9 Å². The van der Waals surface area contributed by atoms with Gasteiger partial charge in [-0.2, -0.15) is 0 Å². The van der Waals surface area contributed by atoms with Gasteiger partial charge in [0.2, 0.25) is 0 Å². The van der Waals surface area contributed by atoms with Crippen molar-refractivity contribution < 1.29 is 29.4 Å². The molecule has 0 bridgehead atoms. The summed E-state index contributed by atoms with van der Waals surface area (Å²) in [5.41, 5.74) is 0.734. The number of carboxylic acids is 2. The van der Waals surface area contributed by atoms with E-state index in [-0.39, 0.29) is 19.3 Å². The van der Waals surface area contributed by atoms with E-state index in [1.165, 1.54) is 0 Å². The highest BCUT2D eigenvalue weighted by atomic mass is 16.4. The number of hydrogen-bond donors (Lipinski definition) is 4. The van der Waals surface area contributed by atoms with Gasteiger partial charge < -0.3 is 25.6 Å². The van der Waals surface area contributed by atoms with E-state index in [0.29, 0.717) is 6.29 Å². The van der Waals surface area contributed by atoms with Crippen LogP contribution in [-0.2, 0) is 20.8 Å². The van der Waals surface area contributed by atoms with Gasteiger partial charge in [0.25, 0.3) is 0 Å². The van der Waals surface area contributed by atoms with Gasteiger partial charge in [0.05, 0.1) is 6.04 Å². The summed E-state index contributed by atoms with van der Waals surface area (Å²) in [6.45, 7) is 0. The quantitative estimate of drug-likeness (QED) is 0.487. The van der Waals surface area contributed by atoms with Crippen LogP contribution in [0.25, 0.3) is 0 Å². The van der Waals surface area contributed by atoms with Crippen LogP contribution in [0.3, 0.4) is 0 Å². The van der Waals surface area contributed by atoms with E-state index in [4.69, 9.17) is 10.2 Å². The Balaban J connectivity index is 2.58. The lowest BCUT2D eigenvalue weighted by Crippen LogP contribution is -2.50. The largest absolute Gasteiger partial charge is 0.481 e. The summed E-state index contributed by atoms with van der Waals surface area (Å²) >= 11 is 0. The second kappa shape index (κ2) is 9.19. The predicted molar refractivity (Wildman–Crippen MR) is 80.0 cm³/mol. The van der Waals surface area contributed by atoms with Crippen LogP contribution in [0.1, 0.15) is 18.4 Å². The van der Waals surface area contributed by atoms with Gasteiger partial charge in [0.1, 0.15) is 12.3 Å². The summed E-state index contributed by atoms with van der Waals surface area (Å²) in [5, 5.41) is 22.2. The molecule has 2 atom stereocenters. The van der Waals surface area contributed by atoms with E-state index in [2.05, 4.69) is 10.6 Å². The van der Waals surface area contributed by atoms with E-state index < -0.39 is 30.1 Å². The normalized spacial score (nSPS) is 12.7. The van der Waals surface area contributed by atoms with Crippen LogP contribution in [-0.4, -0.2) is 46.6 Å². The number of urea groups is 1. The average molecular weight is 322 g/mol. The van der Waals surface area contributed by atoms with Crippen molar-refractivity contribution >= 4 is 24.3 Å². The molecule has 124 valence electrons. The Kier molecular flexibility index (Phi) is 7.25. The minimum atomic E-state index is -1.21. The number of amides is 2. The third-order valence-electron chi connectivity index (χ3n) is 3.04. The van der Waals surface area contributed by atoms with Gasteiger partial charge in [0.15, 0.2) is 0 Å². The number of hydrogen-bond acceptors (Lipinski definition) is 4. The lowest BCUT2D eigenvalue weighted by molar-refractivity contribution is -0.139. The summed E-state index contributed by atoms with van der Waals surface area (Å²) in [7, 11) is 0. The fourth-order valence-electron chi connectivity index (χ4n) is 1.87. The molecule has 0 spiro atoms. The number of carbonyl (C=O) groups excluding carboxylic acids is 2. The van der Waals surface area contributed by atoms with Crippen LogP contribution < -0.4 is 10.6 Å². The molecule has 0 aliphatic carbocycles. The molecule has 0 aliphatic rings. The maximum absolute atomic E-state index is 11.8. The lowest BCUT2D eigenvalue weighted by atomic mass is 10.1. The molecule has 1 unspecified atom stereocenters. The zero-order valence-electron chi connectivity index (χ0n) is 12.3. The van der Waals surface area contributed by atoms with Crippen LogP contribution >= 0.6 is 0 Å². The highest BCUT2D eigenvalue weighted by molar-refractivity contribution is 5.84. The molecule has 23 heavy (non-hydrogen) atoms. The fourth-order valence-corrected chi connectivity index (χ4v) is 1.87. The zero-order chi connectivity index (χ0) is 17.2. The topological polar surface area (TPSA) is 133 Å². The van der Waals surface area contributed by atoms with Gasteiger partial charge >= 0.3 is 18.0 Å². The first-order valence-corrected chi connectivity index (χ1v) is 6.93. The van der Waals surface area contributed by atoms with Gasteiger partial charge in [-0.25, -0.2) is 9.59 Å². The Morgan fingerprint density at radius 3 is 2.26 bits per heavy atom. The number of carboxylic acid groups (broad SMARTS) is 2. The minimum absolute atomic E-state index is 0.0668. The summed E-state index contributed by atoms with van der Waals surface area (Å²) in [6, 6.07) is 5.77. The molecule has 0 saturated carbocycles. The lowest BCUT2D eigenvalue weighted by Gasteiger charge is -2.17. The van der Waals surface area contributed by atoms with Crippen LogP contribution in [0.15, 0.2) is 30.3 Å². The van der Waals surface area contributed by atoms with E-state index in [1.54, 1.807) is 30.3 Å². The maximum atomic E-state index is 11.8. The Bertz CT molecular complexity index is 560. The first kappa shape index (κ1) is 18.1. The Labute approximate surface area is 132 Å². The van der Waals surface area contributed by atoms with Crippen molar-refractivity contribution in [2.45, 2.75) is 31.3 Å². The molecule has 1 aromatic carbocycles. The van der Waals surface area contributed by atoms with Crippen LogP contribution in [0.5, 0.6) is 0 Å². The molecular weight excluding hydrogens is 304 g/mol. The van der Waals surface area contributed by atoms with Gasteiger partial charge in [0, 0.05) is 12.8 Å². The second-order valence-corrected chi connectivity index (χ2v) is 4.87. The molecule has 1 aromatic rings. The van der Waals surface area contributed by atoms with Crippen molar-refractivity contribution in [2.75, 3.05) is 0 Å². The van der Waals surface area contributed by atoms with Gasteiger partial charge in [-0.1, -0.05) is 30.3 Å². The molecular formula is C15H18N2O6. The highest BCUT2D eigenvalue weighted by Crippen LogP contribution is 2.04. The molecule has 0 aliphatic heterocycles. The van der Waals surface area contributed by atoms with Crippen molar-refractivity contribution in [3.8, 4) is 0 Å². The Hall–Kier alpha value is -2.90. The van der Waals surface area contributed by atoms with Crippen molar-refractivity contribution in [1.82, 2.24) is 10.6 Å². The Morgan fingerprint density at radius 1 is 1.09 bits per heavy atom. The SMILES string of the molecule is O=CC(CCC(=O)O)NC(=O)N[C@@H](Cc1ccccc1)C(=O)O. The van der Waals surface area contributed by atoms with Crippen LogP contribution in [0.4, 0.5) is 4.79 Å². The number of aldehydes is 1. The zero-order valence-corrected chi connectivity index (χ0v) is 12.3. The third kappa shape index (κ3) is 7.07. The number of rotatable bonds is 9. The van der Waals surface area contributed by atoms with Crippen LogP contribution in [0, 0.1) is 0 Å². The van der Waals surface area contributed by atoms with Gasteiger partial charge in [-0.15, -0.1) is 0 Å². The number of benzene rings is 1. The molecule has 4 N–H and O–H groups in total. The molecule has 8 nitrogen and oxygen atoms in total. The molecule has 8 heteroatoms. The van der Waals surface area contributed by atoms with Crippen molar-refractivity contribution in [2.24, 2.45) is 0 Å². The van der Waals surface area contributed by atoms with E-state index >= 15 is 0 Å². The molecule has 0 heterocycles. The first-order chi connectivity index (χ1) is 10.9. The maximum Gasteiger partial charge on any atom is 0.326 e. The van der Waals surface area contributed by atoms with E-state index in [0.717, 1.165) is 5.56 Å². The summed E-state index contributed by atoms with van der Waals surface area (Å²) in [6.07, 6.45) is 0.151. The van der Waals surface area contributed by atoms with Gasteiger partial charge in [-0.3, -0.25) is 4.79 Å².